The Labute approximate surface area is 108 Å². The van der Waals surface area contributed by atoms with Crippen LogP contribution in [-0.2, 0) is 6.42 Å². The van der Waals surface area contributed by atoms with Gasteiger partial charge in [-0.05, 0) is 44.4 Å². The molecule has 2 unspecified atom stereocenters. The van der Waals surface area contributed by atoms with Crippen LogP contribution in [0.3, 0.4) is 0 Å². The Morgan fingerprint density at radius 1 is 1.29 bits per heavy atom. The molecule has 1 N–H and O–H groups in total. The molecule has 2 aliphatic heterocycles. The van der Waals surface area contributed by atoms with E-state index in [4.69, 9.17) is 12.2 Å². The molecule has 2 saturated heterocycles. The zero-order chi connectivity index (χ0) is 11.8. The van der Waals surface area contributed by atoms with Crippen LogP contribution in [0.1, 0.15) is 44.3 Å². The number of nitrogens with zero attached hydrogens (tertiary/aromatic N) is 2. The Morgan fingerprint density at radius 3 is 3.00 bits per heavy atom. The van der Waals surface area contributed by atoms with Crippen molar-refractivity contribution in [2.75, 3.05) is 13.1 Å². The van der Waals surface area contributed by atoms with Crippen molar-refractivity contribution in [3.05, 3.63) is 16.7 Å². The second-order valence-corrected chi connectivity index (χ2v) is 5.65. The molecule has 2 atom stereocenters. The van der Waals surface area contributed by atoms with Crippen LogP contribution < -0.4 is 0 Å². The Hall–Kier alpha value is -0.610. The van der Waals surface area contributed by atoms with Gasteiger partial charge in [0.1, 0.15) is 0 Å². The van der Waals surface area contributed by atoms with Gasteiger partial charge in [0.05, 0.1) is 6.04 Å². The lowest BCUT2D eigenvalue weighted by atomic mass is 9.98. The van der Waals surface area contributed by atoms with Crippen LogP contribution in [0, 0.1) is 4.77 Å². The molecule has 2 aliphatic rings. The highest BCUT2D eigenvalue weighted by molar-refractivity contribution is 7.71. The van der Waals surface area contributed by atoms with Crippen molar-refractivity contribution >= 4 is 12.2 Å². The van der Waals surface area contributed by atoms with Gasteiger partial charge in [-0.2, -0.15) is 0 Å². The van der Waals surface area contributed by atoms with Crippen LogP contribution in [-0.4, -0.2) is 33.6 Å². The highest BCUT2D eigenvalue weighted by atomic mass is 32.1. The summed E-state index contributed by atoms with van der Waals surface area (Å²) in [4.78, 5) is 5.89. The fourth-order valence-electron chi connectivity index (χ4n) is 3.57. The second kappa shape index (κ2) is 4.58. The monoisotopic (exact) mass is 251 g/mol. The predicted octanol–water partition coefficient (Wildman–Crippen LogP) is 2.91. The van der Waals surface area contributed by atoms with Crippen LogP contribution in [0.5, 0.6) is 0 Å². The first kappa shape index (κ1) is 11.5. The summed E-state index contributed by atoms with van der Waals surface area (Å²) < 4.78 is 3.31. The number of H-pyrrole nitrogens is 1. The quantitative estimate of drug-likeness (QED) is 0.817. The van der Waals surface area contributed by atoms with E-state index in [2.05, 4.69) is 27.6 Å². The van der Waals surface area contributed by atoms with Crippen molar-refractivity contribution in [1.29, 1.82) is 0 Å². The Bertz CT molecular complexity index is 448. The molecule has 94 valence electrons. The minimum Gasteiger partial charge on any atom is -0.337 e. The highest BCUT2D eigenvalue weighted by Crippen LogP contribution is 2.36. The van der Waals surface area contributed by atoms with E-state index in [1.807, 2.05) is 0 Å². The molecule has 2 fully saturated rings. The Kier molecular flexibility index (Phi) is 3.09. The molecule has 3 heterocycles. The fraction of sp³-hybridized carbons (Fsp3) is 0.769. The lowest BCUT2D eigenvalue weighted by Crippen LogP contribution is -2.38. The summed E-state index contributed by atoms with van der Waals surface area (Å²) >= 11 is 5.46. The van der Waals surface area contributed by atoms with E-state index in [1.54, 1.807) is 0 Å². The number of aryl methyl sites for hydroxylation is 1. The Balaban J connectivity index is 1.93. The lowest BCUT2D eigenvalue weighted by Gasteiger charge is -2.33. The molecule has 0 bridgehead atoms. The van der Waals surface area contributed by atoms with Gasteiger partial charge in [-0.15, -0.1) is 0 Å². The summed E-state index contributed by atoms with van der Waals surface area (Å²) in [5.74, 6) is 0. The van der Waals surface area contributed by atoms with E-state index < -0.39 is 0 Å². The number of aromatic nitrogens is 2. The molecule has 1 aromatic heterocycles. The number of hydrogen-bond acceptors (Lipinski definition) is 2. The maximum absolute atomic E-state index is 5.46. The van der Waals surface area contributed by atoms with E-state index in [0.717, 1.165) is 17.2 Å². The van der Waals surface area contributed by atoms with Gasteiger partial charge in [0.25, 0.3) is 0 Å². The number of rotatable bonds is 2. The zero-order valence-electron chi connectivity index (χ0n) is 10.5. The maximum atomic E-state index is 5.46. The topological polar surface area (TPSA) is 24.0 Å². The summed E-state index contributed by atoms with van der Waals surface area (Å²) in [5, 5.41) is 0. The molecule has 3 nitrogen and oxygen atoms in total. The van der Waals surface area contributed by atoms with Gasteiger partial charge in [0.2, 0.25) is 0 Å². The number of aromatic amines is 1. The zero-order valence-corrected chi connectivity index (χ0v) is 11.3. The fourth-order valence-corrected chi connectivity index (χ4v) is 3.88. The van der Waals surface area contributed by atoms with E-state index in [1.165, 1.54) is 44.5 Å². The summed E-state index contributed by atoms with van der Waals surface area (Å²) in [6.45, 7) is 4.76. The normalized spacial score (nSPS) is 29.5. The third kappa shape index (κ3) is 1.87. The predicted molar refractivity (Wildman–Crippen MR) is 71.9 cm³/mol. The number of hydrogen-bond donors (Lipinski definition) is 1. The van der Waals surface area contributed by atoms with Crippen molar-refractivity contribution in [2.24, 2.45) is 0 Å². The molecule has 0 radical (unpaired) electrons. The minimum atomic E-state index is 0.615. The smallest absolute Gasteiger partial charge is 0.177 e. The second-order valence-electron chi connectivity index (χ2n) is 5.26. The molecule has 4 heteroatoms. The van der Waals surface area contributed by atoms with Crippen LogP contribution in [0.4, 0.5) is 0 Å². The van der Waals surface area contributed by atoms with Gasteiger partial charge in [-0.3, -0.25) is 4.90 Å². The van der Waals surface area contributed by atoms with E-state index in [0.29, 0.717) is 6.04 Å². The van der Waals surface area contributed by atoms with E-state index in [9.17, 15) is 0 Å². The molecule has 0 aliphatic carbocycles. The SMILES string of the molecule is CCc1c[nH]c(=S)n1C1CCN2CCCCC12. The first-order chi connectivity index (χ1) is 8.31. The summed E-state index contributed by atoms with van der Waals surface area (Å²) in [6.07, 6.45) is 8.54. The highest BCUT2D eigenvalue weighted by Gasteiger charge is 2.37. The molecule has 17 heavy (non-hydrogen) atoms. The van der Waals surface area contributed by atoms with Gasteiger partial charge in [-0.1, -0.05) is 13.3 Å². The van der Waals surface area contributed by atoms with Crippen LogP contribution in [0.2, 0.25) is 0 Å². The molecule has 3 rings (SSSR count). The largest absolute Gasteiger partial charge is 0.337 e. The van der Waals surface area contributed by atoms with Crippen LogP contribution >= 0.6 is 12.2 Å². The average Bonchev–Trinajstić information content (AvgIpc) is 2.92. The van der Waals surface area contributed by atoms with Crippen molar-refractivity contribution < 1.29 is 0 Å². The molecule has 0 aromatic carbocycles. The molecular formula is C13H21N3S. The standard InChI is InChI=1S/C13H21N3S/c1-2-10-9-14-13(17)16(10)12-6-8-15-7-4-3-5-11(12)15/h9,11-12H,2-8H2,1H3,(H,14,17). The van der Waals surface area contributed by atoms with Crippen molar-refractivity contribution in [1.82, 2.24) is 14.5 Å². The van der Waals surface area contributed by atoms with Gasteiger partial charge < -0.3 is 9.55 Å². The van der Waals surface area contributed by atoms with E-state index in [-0.39, 0.29) is 0 Å². The number of nitrogens with one attached hydrogen (secondary N) is 1. The lowest BCUT2D eigenvalue weighted by molar-refractivity contribution is 0.172. The first-order valence-electron chi connectivity index (χ1n) is 6.84. The van der Waals surface area contributed by atoms with E-state index >= 15 is 0 Å². The van der Waals surface area contributed by atoms with Gasteiger partial charge in [-0.25, -0.2) is 0 Å². The third-order valence-electron chi connectivity index (χ3n) is 4.40. The summed E-state index contributed by atoms with van der Waals surface area (Å²) in [7, 11) is 0. The summed E-state index contributed by atoms with van der Waals surface area (Å²) in [5.41, 5.74) is 1.37. The van der Waals surface area contributed by atoms with Crippen molar-refractivity contribution in [3.8, 4) is 0 Å². The molecule has 0 spiro atoms. The molecule has 0 amide bonds. The average molecular weight is 251 g/mol. The molecule has 0 saturated carbocycles. The first-order valence-corrected chi connectivity index (χ1v) is 7.25. The van der Waals surface area contributed by atoms with Crippen LogP contribution in [0.25, 0.3) is 0 Å². The number of fused-ring (bicyclic) bond motifs is 1. The van der Waals surface area contributed by atoms with Crippen molar-refractivity contribution in [3.63, 3.8) is 0 Å². The molecule has 1 aromatic rings. The number of imidazole rings is 1. The molecular weight excluding hydrogens is 230 g/mol. The summed E-state index contributed by atoms with van der Waals surface area (Å²) in [6, 6.07) is 1.35. The van der Waals surface area contributed by atoms with Gasteiger partial charge in [0, 0.05) is 24.5 Å². The third-order valence-corrected chi connectivity index (χ3v) is 4.72. The van der Waals surface area contributed by atoms with Crippen molar-refractivity contribution in [2.45, 2.75) is 51.1 Å². The minimum absolute atomic E-state index is 0.615. The number of piperidine rings is 1. The Morgan fingerprint density at radius 2 is 2.18 bits per heavy atom. The van der Waals surface area contributed by atoms with Gasteiger partial charge in [0.15, 0.2) is 4.77 Å². The van der Waals surface area contributed by atoms with Gasteiger partial charge >= 0.3 is 0 Å². The maximum Gasteiger partial charge on any atom is 0.177 e. The van der Waals surface area contributed by atoms with Crippen LogP contribution in [0.15, 0.2) is 6.20 Å².